The Morgan fingerprint density at radius 1 is 1.14 bits per heavy atom. The molecule has 0 heterocycles. The highest BCUT2D eigenvalue weighted by Gasteiger charge is 2.07. The molecule has 2 aromatic carbocycles. The van der Waals surface area contributed by atoms with E-state index in [2.05, 4.69) is 58.3 Å². The smallest absolute Gasteiger partial charge is 0.170 e. The molecule has 2 rings (SSSR count). The quantitative estimate of drug-likeness (QED) is 0.259. The van der Waals surface area contributed by atoms with E-state index in [1.807, 2.05) is 30.3 Å². The molecule has 0 aromatic heterocycles. The number of nitrogens with one attached hydrogen (secondary N) is 1. The average Bonchev–Trinajstić information content (AvgIpc) is 2.45. The number of hydrogen-bond acceptors (Lipinski definition) is 3. The number of hydrogen-bond donors (Lipinski definition) is 3. The molecule has 4 nitrogen and oxygen atoms in total. The molecule has 0 spiro atoms. The first-order valence-corrected chi connectivity index (χ1v) is 8.34. The largest absolute Gasteiger partial charge is 0.409 e. The molecule has 0 bridgehead atoms. The van der Waals surface area contributed by atoms with Crippen molar-refractivity contribution in [3.8, 4) is 0 Å². The summed E-state index contributed by atoms with van der Waals surface area (Å²) < 4.78 is 2.90. The fourth-order valence-electron chi connectivity index (χ4n) is 1.80. The minimum Gasteiger partial charge on any atom is -0.409 e. The number of halogens is 3. The summed E-state index contributed by atoms with van der Waals surface area (Å²) in [6, 6.07) is 11.5. The van der Waals surface area contributed by atoms with Crippen molar-refractivity contribution in [1.82, 2.24) is 0 Å². The van der Waals surface area contributed by atoms with Crippen LogP contribution in [0.3, 0.4) is 0 Å². The van der Waals surface area contributed by atoms with Gasteiger partial charge in [-0.05, 0) is 55.6 Å². The lowest BCUT2D eigenvalue weighted by molar-refractivity contribution is 0.318. The molecule has 0 atom stereocenters. The molecule has 4 N–H and O–H groups in total. The highest BCUT2D eigenvalue weighted by Crippen LogP contribution is 2.34. The fourth-order valence-corrected chi connectivity index (χ4v) is 4.34. The van der Waals surface area contributed by atoms with Crippen LogP contribution < -0.4 is 11.1 Å². The zero-order valence-corrected chi connectivity index (χ0v) is 15.5. The maximum atomic E-state index is 8.72. The first-order chi connectivity index (χ1) is 10.0. The first-order valence-electron chi connectivity index (χ1n) is 5.96. The number of nitrogens with two attached hydrogens (primary N) is 1. The minimum absolute atomic E-state index is 0.0999. The lowest BCUT2D eigenvalue weighted by Gasteiger charge is -2.12. The Kier molecular flexibility index (Phi) is 5.66. The van der Waals surface area contributed by atoms with Gasteiger partial charge in [0.05, 0.1) is 5.69 Å². The second-order valence-corrected chi connectivity index (χ2v) is 6.91. The van der Waals surface area contributed by atoms with Crippen molar-refractivity contribution in [3.63, 3.8) is 0 Å². The van der Waals surface area contributed by atoms with E-state index in [0.717, 1.165) is 24.7 Å². The Hall–Kier alpha value is -1.05. The zero-order valence-electron chi connectivity index (χ0n) is 10.8. The summed E-state index contributed by atoms with van der Waals surface area (Å²) >= 11 is 10.5. The van der Waals surface area contributed by atoms with Crippen molar-refractivity contribution < 1.29 is 5.21 Å². The number of anilines is 1. The fraction of sp³-hybridized carbons (Fsp3) is 0.0714. The van der Waals surface area contributed by atoms with Gasteiger partial charge in [0.1, 0.15) is 0 Å². The third kappa shape index (κ3) is 4.21. The number of oxime groups is 1. The van der Waals surface area contributed by atoms with Crippen LogP contribution in [-0.2, 0) is 6.54 Å². The molecule has 110 valence electrons. The lowest BCUT2D eigenvalue weighted by atomic mass is 10.1. The van der Waals surface area contributed by atoms with Crippen molar-refractivity contribution in [1.29, 1.82) is 0 Å². The number of amidine groups is 1. The summed E-state index contributed by atoms with van der Waals surface area (Å²) in [5, 5.41) is 15.1. The van der Waals surface area contributed by atoms with Crippen molar-refractivity contribution in [3.05, 3.63) is 60.9 Å². The predicted octanol–water partition coefficient (Wildman–Crippen LogP) is 4.68. The number of nitrogens with zero attached hydrogens (tertiary/aromatic N) is 1. The van der Waals surface area contributed by atoms with Crippen molar-refractivity contribution in [2.75, 3.05) is 5.32 Å². The molecule has 7 heteroatoms. The predicted molar refractivity (Wildman–Crippen MR) is 95.8 cm³/mol. The highest BCUT2D eigenvalue weighted by atomic mass is 79.9. The van der Waals surface area contributed by atoms with E-state index in [-0.39, 0.29) is 5.84 Å². The summed E-state index contributed by atoms with van der Waals surface area (Å²) in [5.74, 6) is 0.0999. The maximum absolute atomic E-state index is 8.72. The lowest BCUT2D eigenvalue weighted by Crippen LogP contribution is -2.13. The van der Waals surface area contributed by atoms with Crippen LogP contribution >= 0.6 is 47.8 Å². The Morgan fingerprint density at radius 3 is 2.43 bits per heavy atom. The molecule has 0 saturated heterocycles. The molecule has 0 aliphatic rings. The number of rotatable bonds is 4. The summed E-state index contributed by atoms with van der Waals surface area (Å²) in [5.41, 5.74) is 8.27. The molecule has 0 saturated carbocycles. The molecule has 21 heavy (non-hydrogen) atoms. The van der Waals surface area contributed by atoms with Crippen molar-refractivity contribution >= 4 is 59.3 Å². The van der Waals surface area contributed by atoms with Crippen LogP contribution in [0.15, 0.2) is 55.0 Å². The highest BCUT2D eigenvalue weighted by molar-refractivity contribution is 9.11. The van der Waals surface area contributed by atoms with Gasteiger partial charge in [-0.3, -0.25) is 0 Å². The SMILES string of the molecule is NC(=NO)c1cccc(CNc2c(Br)cc(Br)cc2Br)c1. The Morgan fingerprint density at radius 2 is 1.81 bits per heavy atom. The Bertz CT molecular complexity index is 666. The monoisotopic (exact) mass is 475 g/mol. The van der Waals surface area contributed by atoms with E-state index in [1.54, 1.807) is 6.07 Å². The van der Waals surface area contributed by atoms with Crippen LogP contribution in [-0.4, -0.2) is 11.0 Å². The van der Waals surface area contributed by atoms with E-state index in [9.17, 15) is 0 Å². The van der Waals surface area contributed by atoms with Gasteiger partial charge in [0, 0.05) is 25.5 Å². The van der Waals surface area contributed by atoms with Crippen LogP contribution in [0.25, 0.3) is 0 Å². The third-order valence-electron chi connectivity index (χ3n) is 2.81. The molecule has 0 radical (unpaired) electrons. The van der Waals surface area contributed by atoms with Gasteiger partial charge in [-0.1, -0.05) is 39.3 Å². The van der Waals surface area contributed by atoms with Gasteiger partial charge < -0.3 is 16.3 Å². The maximum Gasteiger partial charge on any atom is 0.170 e. The van der Waals surface area contributed by atoms with E-state index in [0.29, 0.717) is 12.1 Å². The second-order valence-electron chi connectivity index (χ2n) is 4.28. The normalized spacial score (nSPS) is 11.5. The van der Waals surface area contributed by atoms with Gasteiger partial charge in [-0.25, -0.2) is 0 Å². The van der Waals surface area contributed by atoms with Crippen LogP contribution in [0.4, 0.5) is 5.69 Å². The Labute approximate surface area is 147 Å². The second kappa shape index (κ2) is 7.29. The van der Waals surface area contributed by atoms with E-state index in [1.165, 1.54) is 0 Å². The standard InChI is InChI=1S/C14H12Br3N3O/c15-10-5-11(16)13(12(17)6-10)19-7-8-2-1-3-9(4-8)14(18)20-21/h1-6,19,21H,7H2,(H2,18,20). The van der Waals surface area contributed by atoms with Gasteiger partial charge in [0.2, 0.25) is 0 Å². The molecular weight excluding hydrogens is 466 g/mol. The zero-order chi connectivity index (χ0) is 15.4. The van der Waals surface area contributed by atoms with Gasteiger partial charge in [-0.2, -0.15) is 0 Å². The Balaban J connectivity index is 2.17. The van der Waals surface area contributed by atoms with Crippen molar-refractivity contribution in [2.24, 2.45) is 10.9 Å². The van der Waals surface area contributed by atoms with Crippen LogP contribution in [0, 0.1) is 0 Å². The van der Waals surface area contributed by atoms with Gasteiger partial charge >= 0.3 is 0 Å². The summed E-state index contributed by atoms with van der Waals surface area (Å²) in [7, 11) is 0. The van der Waals surface area contributed by atoms with Crippen LogP contribution in [0.1, 0.15) is 11.1 Å². The molecular formula is C14H12Br3N3O. The minimum atomic E-state index is 0.0999. The third-order valence-corrected chi connectivity index (χ3v) is 4.52. The van der Waals surface area contributed by atoms with E-state index < -0.39 is 0 Å². The van der Waals surface area contributed by atoms with E-state index in [4.69, 9.17) is 10.9 Å². The summed E-state index contributed by atoms with van der Waals surface area (Å²) in [4.78, 5) is 0. The van der Waals surface area contributed by atoms with Crippen molar-refractivity contribution in [2.45, 2.75) is 6.54 Å². The molecule has 0 amide bonds. The first kappa shape index (κ1) is 16.3. The van der Waals surface area contributed by atoms with Crippen LogP contribution in [0.2, 0.25) is 0 Å². The summed E-state index contributed by atoms with van der Waals surface area (Å²) in [6.45, 7) is 0.616. The molecule has 0 fully saturated rings. The molecule has 0 unspecified atom stereocenters. The molecule has 0 aliphatic heterocycles. The van der Waals surface area contributed by atoms with E-state index >= 15 is 0 Å². The number of benzene rings is 2. The summed E-state index contributed by atoms with van der Waals surface area (Å²) in [6.07, 6.45) is 0. The van der Waals surface area contributed by atoms with Gasteiger partial charge in [-0.15, -0.1) is 0 Å². The molecule has 2 aromatic rings. The topological polar surface area (TPSA) is 70.6 Å². The van der Waals surface area contributed by atoms with Gasteiger partial charge in [0.25, 0.3) is 0 Å². The average molecular weight is 478 g/mol. The van der Waals surface area contributed by atoms with Crippen LogP contribution in [0.5, 0.6) is 0 Å². The van der Waals surface area contributed by atoms with Gasteiger partial charge in [0.15, 0.2) is 5.84 Å². The molecule has 0 aliphatic carbocycles.